The highest BCUT2D eigenvalue weighted by Gasteiger charge is 2.13. The van der Waals surface area contributed by atoms with E-state index in [1.54, 1.807) is 6.07 Å². The van der Waals surface area contributed by atoms with Crippen LogP contribution in [0.1, 0.15) is 5.82 Å². The fourth-order valence-corrected chi connectivity index (χ4v) is 2.54. The Morgan fingerprint density at radius 2 is 2.27 bits per heavy atom. The highest BCUT2D eigenvalue weighted by atomic mass is 79.9. The van der Waals surface area contributed by atoms with Crippen molar-refractivity contribution in [1.82, 2.24) is 15.3 Å². The first kappa shape index (κ1) is 15.2. The number of hydrogen-bond donors (Lipinski definition) is 4. The van der Waals surface area contributed by atoms with Crippen molar-refractivity contribution in [3.05, 3.63) is 38.9 Å². The Kier molecular flexibility index (Phi) is 4.25. The van der Waals surface area contributed by atoms with Gasteiger partial charge in [0.1, 0.15) is 16.9 Å². The third-order valence-electron chi connectivity index (χ3n) is 3.22. The molecule has 0 spiro atoms. The number of H-pyrrole nitrogens is 1. The minimum absolute atomic E-state index is 0.187. The van der Waals surface area contributed by atoms with Crippen molar-refractivity contribution in [2.24, 2.45) is 0 Å². The van der Waals surface area contributed by atoms with Crippen LogP contribution in [0.3, 0.4) is 0 Å². The molecule has 116 valence electrons. The summed E-state index contributed by atoms with van der Waals surface area (Å²) in [5, 5.41) is 21.7. The van der Waals surface area contributed by atoms with E-state index in [1.165, 1.54) is 0 Å². The molecule has 7 nitrogen and oxygen atoms in total. The molecule has 0 fully saturated rings. The van der Waals surface area contributed by atoms with Gasteiger partial charge in [0.2, 0.25) is 5.58 Å². The first-order chi connectivity index (χ1) is 10.6. The minimum Gasteiger partial charge on any atom is -0.449 e. The van der Waals surface area contributed by atoms with Crippen LogP contribution < -0.4 is 10.9 Å². The summed E-state index contributed by atoms with van der Waals surface area (Å²) in [7, 11) is 0. The molecule has 0 bridgehead atoms. The first-order valence-corrected chi connectivity index (χ1v) is 7.48. The van der Waals surface area contributed by atoms with Gasteiger partial charge in [-0.25, -0.2) is 4.98 Å². The third-order valence-corrected chi connectivity index (χ3v) is 3.71. The van der Waals surface area contributed by atoms with E-state index in [2.05, 4.69) is 31.2 Å². The molecule has 0 aliphatic heterocycles. The lowest BCUT2D eigenvalue weighted by Crippen LogP contribution is -2.30. The summed E-state index contributed by atoms with van der Waals surface area (Å²) in [5.74, 6) is 0.435. The Morgan fingerprint density at radius 1 is 1.45 bits per heavy atom. The summed E-state index contributed by atoms with van der Waals surface area (Å²) in [5.41, 5.74) is 0.931. The second kappa shape index (κ2) is 6.17. The molecule has 1 aromatic carbocycles. The van der Waals surface area contributed by atoms with Gasteiger partial charge in [-0.05, 0) is 18.2 Å². The molecule has 0 saturated carbocycles. The standard InChI is InChI=1S/C14H14BrN3O4/c15-7-1-2-10-9(3-7)12-13(22-10)14(21)18-11(17-12)5-16-4-8(20)6-19/h1-3,8,16,19-20H,4-6H2,(H,17,18,21). The van der Waals surface area contributed by atoms with E-state index in [-0.39, 0.29) is 30.8 Å². The van der Waals surface area contributed by atoms with Gasteiger partial charge in [-0.1, -0.05) is 15.9 Å². The molecule has 0 aliphatic carbocycles. The van der Waals surface area contributed by atoms with Crippen LogP contribution in [0.15, 0.2) is 31.9 Å². The van der Waals surface area contributed by atoms with E-state index in [0.717, 1.165) is 9.86 Å². The van der Waals surface area contributed by atoms with Crippen molar-refractivity contribution in [2.45, 2.75) is 12.6 Å². The van der Waals surface area contributed by atoms with Crippen LogP contribution in [-0.4, -0.2) is 39.4 Å². The second-order valence-electron chi connectivity index (χ2n) is 4.90. The zero-order valence-corrected chi connectivity index (χ0v) is 13.1. The number of nitrogens with zero attached hydrogens (tertiary/aromatic N) is 1. The summed E-state index contributed by atoms with van der Waals surface area (Å²) in [6.45, 7) is 0.148. The van der Waals surface area contributed by atoms with Gasteiger partial charge in [0, 0.05) is 16.4 Å². The summed E-state index contributed by atoms with van der Waals surface area (Å²) >= 11 is 3.39. The zero-order chi connectivity index (χ0) is 15.7. The third kappa shape index (κ3) is 2.91. The lowest BCUT2D eigenvalue weighted by Gasteiger charge is -2.08. The number of halogens is 1. The maximum absolute atomic E-state index is 12.1. The molecule has 2 heterocycles. The Labute approximate surface area is 133 Å². The summed E-state index contributed by atoms with van der Waals surface area (Å²) in [6, 6.07) is 5.45. The molecule has 1 atom stereocenters. The average Bonchev–Trinajstić information content (AvgIpc) is 2.86. The summed E-state index contributed by atoms with van der Waals surface area (Å²) in [4.78, 5) is 19.1. The predicted molar refractivity (Wildman–Crippen MR) is 84.6 cm³/mol. The quantitative estimate of drug-likeness (QED) is 0.532. The summed E-state index contributed by atoms with van der Waals surface area (Å²) in [6.07, 6.45) is -0.846. The first-order valence-electron chi connectivity index (χ1n) is 6.69. The van der Waals surface area contributed by atoms with E-state index in [1.807, 2.05) is 12.1 Å². The number of benzene rings is 1. The molecular weight excluding hydrogens is 354 g/mol. The lowest BCUT2D eigenvalue weighted by molar-refractivity contribution is 0.0941. The topological polar surface area (TPSA) is 111 Å². The Morgan fingerprint density at radius 3 is 3.05 bits per heavy atom. The van der Waals surface area contributed by atoms with Gasteiger partial charge in [0.15, 0.2) is 0 Å². The van der Waals surface area contributed by atoms with Crippen molar-refractivity contribution in [1.29, 1.82) is 0 Å². The van der Waals surface area contributed by atoms with Crippen LogP contribution in [0.2, 0.25) is 0 Å². The SMILES string of the molecule is O=c1[nH]c(CNCC(O)CO)nc2c1oc1ccc(Br)cc12. The highest BCUT2D eigenvalue weighted by molar-refractivity contribution is 9.10. The smallest absolute Gasteiger partial charge is 0.294 e. The Bertz CT molecular complexity index is 874. The number of hydrogen-bond acceptors (Lipinski definition) is 6. The Hall–Kier alpha value is -1.74. The number of furan rings is 1. The molecule has 0 aliphatic rings. The zero-order valence-electron chi connectivity index (χ0n) is 11.5. The van der Waals surface area contributed by atoms with Crippen LogP contribution >= 0.6 is 15.9 Å². The van der Waals surface area contributed by atoms with Gasteiger partial charge in [0.05, 0.1) is 19.3 Å². The average molecular weight is 368 g/mol. The predicted octanol–water partition coefficient (Wildman–Crippen LogP) is 0.875. The number of rotatable bonds is 5. The van der Waals surface area contributed by atoms with Crippen LogP contribution in [0.25, 0.3) is 22.1 Å². The monoisotopic (exact) mass is 367 g/mol. The Balaban J connectivity index is 1.97. The summed E-state index contributed by atoms with van der Waals surface area (Å²) < 4.78 is 6.40. The van der Waals surface area contributed by atoms with Crippen LogP contribution in [0.4, 0.5) is 0 Å². The molecule has 3 aromatic rings. The van der Waals surface area contributed by atoms with E-state index in [4.69, 9.17) is 9.52 Å². The maximum atomic E-state index is 12.1. The number of nitrogens with one attached hydrogen (secondary N) is 2. The fourth-order valence-electron chi connectivity index (χ4n) is 2.18. The van der Waals surface area contributed by atoms with Crippen LogP contribution in [0.5, 0.6) is 0 Å². The van der Waals surface area contributed by atoms with Crippen molar-refractivity contribution >= 4 is 38.0 Å². The normalized spacial score (nSPS) is 13.0. The molecule has 1 unspecified atom stereocenters. The number of fused-ring (bicyclic) bond motifs is 3. The number of aliphatic hydroxyl groups is 2. The van der Waals surface area contributed by atoms with E-state index >= 15 is 0 Å². The van der Waals surface area contributed by atoms with E-state index in [0.29, 0.717) is 16.9 Å². The van der Waals surface area contributed by atoms with Gasteiger partial charge in [0.25, 0.3) is 5.56 Å². The van der Waals surface area contributed by atoms with Gasteiger partial charge in [-0.15, -0.1) is 0 Å². The molecule has 0 saturated heterocycles. The molecule has 0 radical (unpaired) electrons. The van der Waals surface area contributed by atoms with Crippen molar-refractivity contribution in [2.75, 3.05) is 13.2 Å². The van der Waals surface area contributed by atoms with Crippen molar-refractivity contribution in [3.63, 3.8) is 0 Å². The van der Waals surface area contributed by atoms with Crippen LogP contribution in [0, 0.1) is 0 Å². The highest BCUT2D eigenvalue weighted by Crippen LogP contribution is 2.27. The molecule has 3 rings (SSSR count). The van der Waals surface area contributed by atoms with E-state index in [9.17, 15) is 9.90 Å². The number of aliphatic hydroxyl groups excluding tert-OH is 2. The van der Waals surface area contributed by atoms with Gasteiger partial charge in [-0.2, -0.15) is 0 Å². The fraction of sp³-hybridized carbons (Fsp3) is 0.286. The second-order valence-corrected chi connectivity index (χ2v) is 5.82. The molecule has 0 amide bonds. The maximum Gasteiger partial charge on any atom is 0.294 e. The number of aromatic amines is 1. The number of aromatic nitrogens is 2. The van der Waals surface area contributed by atoms with Crippen LogP contribution in [-0.2, 0) is 6.54 Å². The largest absolute Gasteiger partial charge is 0.449 e. The molecule has 22 heavy (non-hydrogen) atoms. The molecule has 2 aromatic heterocycles. The minimum atomic E-state index is -0.846. The van der Waals surface area contributed by atoms with Crippen molar-refractivity contribution < 1.29 is 14.6 Å². The van der Waals surface area contributed by atoms with Crippen molar-refractivity contribution in [3.8, 4) is 0 Å². The molecule has 8 heteroatoms. The molecule has 4 N–H and O–H groups in total. The van der Waals surface area contributed by atoms with E-state index < -0.39 is 6.10 Å². The van der Waals surface area contributed by atoms with Gasteiger partial charge < -0.3 is 24.9 Å². The van der Waals surface area contributed by atoms with Gasteiger partial charge >= 0.3 is 0 Å². The lowest BCUT2D eigenvalue weighted by atomic mass is 10.2. The van der Waals surface area contributed by atoms with Gasteiger partial charge in [-0.3, -0.25) is 4.79 Å². The molecular formula is C14H14BrN3O4.